The minimum atomic E-state index is 0.0308. The molecule has 1 amide bonds. The third-order valence-corrected chi connectivity index (χ3v) is 4.79. The van der Waals surface area contributed by atoms with Crippen LogP contribution in [0.4, 0.5) is 0 Å². The SMILES string of the molecule is O=C(CSc1ccc2c(c1)OCCO2)NCc1cccs1. The fourth-order valence-electron chi connectivity index (χ4n) is 1.91. The average Bonchev–Trinajstić information content (AvgIpc) is 3.04. The number of nitrogens with one attached hydrogen (secondary N) is 1. The van der Waals surface area contributed by atoms with E-state index in [1.165, 1.54) is 11.8 Å². The Morgan fingerprint density at radius 1 is 1.24 bits per heavy atom. The first kappa shape index (κ1) is 14.3. The molecule has 4 nitrogen and oxygen atoms in total. The zero-order chi connectivity index (χ0) is 14.5. The maximum atomic E-state index is 11.8. The van der Waals surface area contributed by atoms with Crippen LogP contribution in [0.2, 0.25) is 0 Å². The van der Waals surface area contributed by atoms with E-state index in [9.17, 15) is 4.79 Å². The summed E-state index contributed by atoms with van der Waals surface area (Å²) in [6.45, 7) is 1.76. The summed E-state index contributed by atoms with van der Waals surface area (Å²) in [6, 6.07) is 9.76. The average molecular weight is 321 g/mol. The molecule has 1 N–H and O–H groups in total. The van der Waals surface area contributed by atoms with Crippen molar-refractivity contribution in [3.05, 3.63) is 40.6 Å². The third kappa shape index (κ3) is 3.92. The number of rotatable bonds is 5. The highest BCUT2D eigenvalue weighted by molar-refractivity contribution is 8.00. The smallest absolute Gasteiger partial charge is 0.230 e. The van der Waals surface area contributed by atoms with Gasteiger partial charge in [-0.25, -0.2) is 0 Å². The van der Waals surface area contributed by atoms with E-state index in [1.807, 2.05) is 35.7 Å². The highest BCUT2D eigenvalue weighted by Gasteiger charge is 2.12. The molecular weight excluding hydrogens is 306 g/mol. The molecule has 2 aromatic rings. The summed E-state index contributed by atoms with van der Waals surface area (Å²) in [7, 11) is 0. The van der Waals surface area contributed by atoms with Gasteiger partial charge < -0.3 is 14.8 Å². The Morgan fingerprint density at radius 2 is 2.10 bits per heavy atom. The molecule has 3 rings (SSSR count). The van der Waals surface area contributed by atoms with Gasteiger partial charge in [0.15, 0.2) is 11.5 Å². The van der Waals surface area contributed by atoms with Crippen LogP contribution in [-0.2, 0) is 11.3 Å². The molecule has 0 saturated heterocycles. The highest BCUT2D eigenvalue weighted by Crippen LogP contribution is 2.34. The molecule has 21 heavy (non-hydrogen) atoms. The van der Waals surface area contributed by atoms with Gasteiger partial charge in [0.25, 0.3) is 0 Å². The van der Waals surface area contributed by atoms with Crippen molar-refractivity contribution in [2.45, 2.75) is 11.4 Å². The lowest BCUT2D eigenvalue weighted by molar-refractivity contribution is -0.118. The molecule has 2 heterocycles. The summed E-state index contributed by atoms with van der Waals surface area (Å²) >= 11 is 3.14. The number of fused-ring (bicyclic) bond motifs is 1. The molecule has 0 atom stereocenters. The number of thiophene rings is 1. The van der Waals surface area contributed by atoms with Gasteiger partial charge >= 0.3 is 0 Å². The number of thioether (sulfide) groups is 1. The van der Waals surface area contributed by atoms with Gasteiger partial charge in [-0.15, -0.1) is 23.1 Å². The molecule has 0 fully saturated rings. The molecule has 0 spiro atoms. The van der Waals surface area contributed by atoms with Gasteiger partial charge in [0.1, 0.15) is 13.2 Å². The van der Waals surface area contributed by atoms with E-state index in [4.69, 9.17) is 9.47 Å². The molecule has 1 aliphatic heterocycles. The number of benzene rings is 1. The van der Waals surface area contributed by atoms with Crippen LogP contribution in [0.5, 0.6) is 11.5 Å². The molecular formula is C15H15NO3S2. The molecule has 1 aromatic carbocycles. The van der Waals surface area contributed by atoms with Gasteiger partial charge in [-0.1, -0.05) is 6.07 Å². The van der Waals surface area contributed by atoms with Crippen molar-refractivity contribution in [2.24, 2.45) is 0 Å². The minimum Gasteiger partial charge on any atom is -0.486 e. The topological polar surface area (TPSA) is 47.6 Å². The second-order valence-electron chi connectivity index (χ2n) is 4.45. The Bertz CT molecular complexity index is 613. The van der Waals surface area contributed by atoms with Gasteiger partial charge in [-0.2, -0.15) is 0 Å². The van der Waals surface area contributed by atoms with Crippen LogP contribution in [0.1, 0.15) is 4.88 Å². The van der Waals surface area contributed by atoms with Gasteiger partial charge in [-0.05, 0) is 29.6 Å². The van der Waals surface area contributed by atoms with Gasteiger partial charge in [0.2, 0.25) is 5.91 Å². The molecule has 0 unspecified atom stereocenters. The number of hydrogen-bond acceptors (Lipinski definition) is 5. The lowest BCUT2D eigenvalue weighted by Crippen LogP contribution is -2.24. The van der Waals surface area contributed by atoms with Crippen molar-refractivity contribution in [2.75, 3.05) is 19.0 Å². The number of amides is 1. The lowest BCUT2D eigenvalue weighted by atomic mass is 10.3. The second-order valence-corrected chi connectivity index (χ2v) is 6.53. The Kier molecular flexibility index (Phi) is 4.67. The van der Waals surface area contributed by atoms with Gasteiger partial charge in [0, 0.05) is 9.77 Å². The Balaban J connectivity index is 1.49. The number of hydrogen-bond donors (Lipinski definition) is 1. The predicted molar refractivity (Wildman–Crippen MR) is 84.3 cm³/mol. The summed E-state index contributed by atoms with van der Waals surface area (Å²) in [5, 5.41) is 4.92. The number of ether oxygens (including phenoxy) is 2. The van der Waals surface area contributed by atoms with Crippen LogP contribution >= 0.6 is 23.1 Å². The molecule has 110 valence electrons. The van der Waals surface area contributed by atoms with Crippen molar-refractivity contribution in [1.82, 2.24) is 5.32 Å². The summed E-state index contributed by atoms with van der Waals surface area (Å²) in [5.41, 5.74) is 0. The first-order chi connectivity index (χ1) is 10.3. The molecule has 0 aliphatic carbocycles. The summed E-state index contributed by atoms with van der Waals surface area (Å²) < 4.78 is 11.0. The summed E-state index contributed by atoms with van der Waals surface area (Å²) in [5.74, 6) is 1.95. The van der Waals surface area contributed by atoms with E-state index in [1.54, 1.807) is 11.3 Å². The summed E-state index contributed by atoms with van der Waals surface area (Å²) in [4.78, 5) is 14.0. The van der Waals surface area contributed by atoms with Crippen molar-refractivity contribution in [1.29, 1.82) is 0 Å². The van der Waals surface area contributed by atoms with Crippen LogP contribution in [0.25, 0.3) is 0 Å². The van der Waals surface area contributed by atoms with Gasteiger partial charge in [-0.3, -0.25) is 4.79 Å². The second kappa shape index (κ2) is 6.87. The fourth-order valence-corrected chi connectivity index (χ4v) is 3.31. The van der Waals surface area contributed by atoms with Crippen LogP contribution < -0.4 is 14.8 Å². The van der Waals surface area contributed by atoms with E-state index in [-0.39, 0.29) is 5.91 Å². The first-order valence-electron chi connectivity index (χ1n) is 6.63. The van der Waals surface area contributed by atoms with E-state index >= 15 is 0 Å². The monoisotopic (exact) mass is 321 g/mol. The van der Waals surface area contributed by atoms with E-state index in [0.717, 1.165) is 21.3 Å². The highest BCUT2D eigenvalue weighted by atomic mass is 32.2. The Hall–Kier alpha value is -1.66. The molecule has 0 bridgehead atoms. The standard InChI is InChI=1S/C15H15NO3S2/c17-15(16-9-12-2-1-7-20-12)10-21-11-3-4-13-14(8-11)19-6-5-18-13/h1-4,7-8H,5-6,9-10H2,(H,16,17). The molecule has 0 saturated carbocycles. The fraction of sp³-hybridized carbons (Fsp3) is 0.267. The normalized spacial score (nSPS) is 13.0. The maximum Gasteiger partial charge on any atom is 0.230 e. The van der Waals surface area contributed by atoms with Crippen molar-refractivity contribution >= 4 is 29.0 Å². The zero-order valence-corrected chi connectivity index (χ0v) is 13.0. The number of carbonyl (C=O) groups excluding carboxylic acids is 1. The Morgan fingerprint density at radius 3 is 2.90 bits per heavy atom. The van der Waals surface area contributed by atoms with Crippen molar-refractivity contribution < 1.29 is 14.3 Å². The van der Waals surface area contributed by atoms with E-state index in [2.05, 4.69) is 5.32 Å². The zero-order valence-electron chi connectivity index (χ0n) is 11.3. The van der Waals surface area contributed by atoms with Crippen LogP contribution in [0, 0.1) is 0 Å². The van der Waals surface area contributed by atoms with Crippen molar-refractivity contribution in [3.63, 3.8) is 0 Å². The molecule has 0 radical (unpaired) electrons. The van der Waals surface area contributed by atoms with Crippen LogP contribution in [0.3, 0.4) is 0 Å². The largest absolute Gasteiger partial charge is 0.486 e. The first-order valence-corrected chi connectivity index (χ1v) is 8.49. The van der Waals surface area contributed by atoms with E-state index < -0.39 is 0 Å². The summed E-state index contributed by atoms with van der Waals surface area (Å²) in [6.07, 6.45) is 0. The van der Waals surface area contributed by atoms with E-state index in [0.29, 0.717) is 25.5 Å². The number of carbonyl (C=O) groups is 1. The van der Waals surface area contributed by atoms with Crippen molar-refractivity contribution in [3.8, 4) is 11.5 Å². The minimum absolute atomic E-state index is 0.0308. The van der Waals surface area contributed by atoms with Gasteiger partial charge in [0.05, 0.1) is 12.3 Å². The molecule has 6 heteroatoms. The Labute approximate surface area is 131 Å². The van der Waals surface area contributed by atoms with Crippen LogP contribution in [-0.4, -0.2) is 24.9 Å². The molecule has 1 aromatic heterocycles. The molecule has 1 aliphatic rings. The lowest BCUT2D eigenvalue weighted by Gasteiger charge is -2.18. The van der Waals surface area contributed by atoms with Crippen LogP contribution in [0.15, 0.2) is 40.6 Å². The third-order valence-electron chi connectivity index (χ3n) is 2.92. The predicted octanol–water partition coefficient (Wildman–Crippen LogP) is 2.93. The maximum absolute atomic E-state index is 11.8. The quantitative estimate of drug-likeness (QED) is 0.860.